The second-order valence-electron chi connectivity index (χ2n) is 4.11. The van der Waals surface area contributed by atoms with Gasteiger partial charge in [-0.25, -0.2) is 4.79 Å². The van der Waals surface area contributed by atoms with Gasteiger partial charge in [0.25, 0.3) is 0 Å². The lowest BCUT2D eigenvalue weighted by molar-refractivity contribution is 0.0726. The number of halogens is 2. The number of fused-ring (bicyclic) bond motifs is 2. The Morgan fingerprint density at radius 3 is 2.48 bits per heavy atom. The van der Waals surface area contributed by atoms with Gasteiger partial charge >= 0.3 is 16.1 Å². The predicted octanol–water partition coefficient (Wildman–Crippen LogP) is 3.20. The monoisotopic (exact) mass is 528 g/mol. The summed E-state index contributed by atoms with van der Waals surface area (Å²) in [5, 5.41) is 0. The van der Waals surface area contributed by atoms with Crippen molar-refractivity contribution in [3.63, 3.8) is 0 Å². The van der Waals surface area contributed by atoms with Crippen molar-refractivity contribution in [3.05, 3.63) is 49.1 Å². The number of carbonyl (C=O) groups excluding carboxylic acids is 1. The molecule has 1 aliphatic rings. The number of carbonyl (C=O) groups is 1. The summed E-state index contributed by atoms with van der Waals surface area (Å²) >= 11 is 3.98. The van der Waals surface area contributed by atoms with Crippen LogP contribution in [0.2, 0.25) is 0 Å². The van der Waals surface area contributed by atoms with Crippen LogP contribution < -0.4 is 8.92 Å². The fourth-order valence-electron chi connectivity index (χ4n) is 1.82. The average Bonchev–Trinajstić information content (AvgIpc) is 2.43. The maximum Gasteiger partial charge on any atom is 0.347 e. The summed E-state index contributed by atoms with van der Waals surface area (Å²) in [6, 6.07) is 9.06. The first kappa shape index (κ1) is 15.0. The largest absolute Gasteiger partial charge is 0.421 e. The molecule has 108 valence electrons. The molecule has 0 fully saturated rings. The molecule has 0 amide bonds. The van der Waals surface area contributed by atoms with Crippen LogP contribution in [0.15, 0.2) is 41.3 Å². The maximum atomic E-state index is 12.4. The van der Waals surface area contributed by atoms with Gasteiger partial charge < -0.3 is 8.92 Å². The molecule has 1 aliphatic heterocycles. The van der Waals surface area contributed by atoms with Crippen LogP contribution in [0, 0.1) is 7.14 Å². The summed E-state index contributed by atoms with van der Waals surface area (Å²) in [5.74, 6) is -0.689. The smallest absolute Gasteiger partial charge is 0.347 e. The molecule has 21 heavy (non-hydrogen) atoms. The van der Waals surface area contributed by atoms with Crippen LogP contribution in [0.4, 0.5) is 0 Å². The zero-order valence-corrected chi connectivity index (χ0v) is 15.3. The Labute approximate surface area is 148 Å². The number of hydrogen-bond acceptors (Lipinski definition) is 5. The van der Waals surface area contributed by atoms with Gasteiger partial charge in [0, 0.05) is 3.57 Å². The average molecular weight is 528 g/mol. The minimum atomic E-state index is -4.06. The first-order valence-corrected chi connectivity index (χ1v) is 9.20. The number of benzene rings is 2. The van der Waals surface area contributed by atoms with E-state index in [0.29, 0.717) is 3.57 Å². The van der Waals surface area contributed by atoms with E-state index < -0.39 is 16.1 Å². The van der Waals surface area contributed by atoms with Crippen LogP contribution in [0.3, 0.4) is 0 Å². The second-order valence-corrected chi connectivity index (χ2v) is 7.87. The molecule has 2 aromatic carbocycles. The SMILES string of the molecule is O=C1Oc2ccccc2S(=O)(=O)Oc2c1ccc(I)c2I. The summed E-state index contributed by atoms with van der Waals surface area (Å²) in [4.78, 5) is 12.0. The maximum absolute atomic E-state index is 12.4. The molecule has 0 unspecified atom stereocenters. The zero-order valence-electron chi connectivity index (χ0n) is 10.2. The molecule has 0 radical (unpaired) electrons. The molecule has 2 aromatic rings. The van der Waals surface area contributed by atoms with Crippen molar-refractivity contribution in [2.24, 2.45) is 0 Å². The van der Waals surface area contributed by atoms with E-state index in [1.54, 1.807) is 12.1 Å². The molecule has 8 heteroatoms. The Kier molecular flexibility index (Phi) is 3.86. The van der Waals surface area contributed by atoms with E-state index >= 15 is 0 Å². The van der Waals surface area contributed by atoms with E-state index in [-0.39, 0.29) is 22.0 Å². The van der Waals surface area contributed by atoms with Crippen molar-refractivity contribution < 1.29 is 22.1 Å². The highest BCUT2D eigenvalue weighted by molar-refractivity contribution is 14.1. The molecule has 0 saturated carbocycles. The predicted molar refractivity (Wildman–Crippen MR) is 91.1 cm³/mol. The highest BCUT2D eigenvalue weighted by atomic mass is 127. The Hall–Kier alpha value is -0.880. The fraction of sp³-hybridized carbons (Fsp3) is 0. The van der Waals surface area contributed by atoms with Crippen LogP contribution in [0.5, 0.6) is 11.5 Å². The van der Waals surface area contributed by atoms with E-state index in [1.165, 1.54) is 24.3 Å². The lowest BCUT2D eigenvalue weighted by Crippen LogP contribution is -2.21. The van der Waals surface area contributed by atoms with Crippen molar-refractivity contribution >= 4 is 61.3 Å². The van der Waals surface area contributed by atoms with Crippen molar-refractivity contribution in [1.29, 1.82) is 0 Å². The summed E-state index contributed by atoms with van der Waals surface area (Å²) < 4.78 is 36.4. The van der Waals surface area contributed by atoms with Crippen LogP contribution in [0.25, 0.3) is 0 Å². The van der Waals surface area contributed by atoms with Gasteiger partial charge in [0.1, 0.15) is 10.5 Å². The molecule has 0 spiro atoms. The minimum Gasteiger partial charge on any atom is -0.421 e. The van der Waals surface area contributed by atoms with Gasteiger partial charge in [-0.1, -0.05) is 12.1 Å². The van der Waals surface area contributed by atoms with Crippen LogP contribution in [0.1, 0.15) is 10.4 Å². The Balaban J connectivity index is 2.29. The normalized spacial score (nSPS) is 15.8. The van der Waals surface area contributed by atoms with Gasteiger partial charge in [-0.15, -0.1) is 0 Å². The molecular formula is C13H6I2O5S. The van der Waals surface area contributed by atoms with Gasteiger partial charge in [0.2, 0.25) is 0 Å². The quantitative estimate of drug-likeness (QED) is 0.228. The Morgan fingerprint density at radius 2 is 1.71 bits per heavy atom. The van der Waals surface area contributed by atoms with Gasteiger partial charge in [-0.05, 0) is 69.4 Å². The molecule has 1 heterocycles. The van der Waals surface area contributed by atoms with Crippen molar-refractivity contribution in [2.45, 2.75) is 4.90 Å². The van der Waals surface area contributed by atoms with E-state index in [2.05, 4.69) is 0 Å². The molecule has 5 nitrogen and oxygen atoms in total. The van der Waals surface area contributed by atoms with Crippen molar-refractivity contribution in [3.8, 4) is 11.5 Å². The third kappa shape index (κ3) is 2.63. The van der Waals surface area contributed by atoms with Gasteiger partial charge in [-0.3, -0.25) is 0 Å². The summed E-state index contributed by atoms with van der Waals surface area (Å²) in [6.07, 6.45) is 0. The Bertz CT molecular complexity index is 861. The molecule has 0 bridgehead atoms. The number of rotatable bonds is 0. The van der Waals surface area contributed by atoms with Crippen LogP contribution in [-0.4, -0.2) is 14.4 Å². The third-order valence-corrected chi connectivity index (χ3v) is 7.05. The first-order valence-electron chi connectivity index (χ1n) is 5.64. The van der Waals surface area contributed by atoms with Crippen LogP contribution >= 0.6 is 45.2 Å². The van der Waals surface area contributed by atoms with Crippen LogP contribution in [-0.2, 0) is 10.1 Å². The van der Waals surface area contributed by atoms with E-state index in [4.69, 9.17) is 8.92 Å². The number of para-hydroxylation sites is 1. The first-order chi connectivity index (χ1) is 9.90. The molecular weight excluding hydrogens is 522 g/mol. The third-order valence-electron chi connectivity index (χ3n) is 2.78. The number of hydrogen-bond donors (Lipinski definition) is 0. The highest BCUT2D eigenvalue weighted by Gasteiger charge is 2.31. The number of esters is 1. The van der Waals surface area contributed by atoms with Crippen molar-refractivity contribution in [2.75, 3.05) is 0 Å². The molecule has 0 atom stereocenters. The van der Waals surface area contributed by atoms with E-state index in [9.17, 15) is 13.2 Å². The van der Waals surface area contributed by atoms with Gasteiger partial charge in [0.15, 0.2) is 11.5 Å². The zero-order chi connectivity index (χ0) is 15.2. The highest BCUT2D eigenvalue weighted by Crippen LogP contribution is 2.37. The molecule has 0 aromatic heterocycles. The summed E-state index contributed by atoms with van der Waals surface area (Å²) in [6.45, 7) is 0. The van der Waals surface area contributed by atoms with E-state index in [1.807, 2.05) is 45.2 Å². The lowest BCUT2D eigenvalue weighted by atomic mass is 10.2. The standard InChI is InChI=1S/C13H6I2O5S/c14-8-6-5-7-12(11(8)15)20-21(17,18)10-4-2-1-3-9(10)19-13(7)16/h1-6H. The topological polar surface area (TPSA) is 69.7 Å². The van der Waals surface area contributed by atoms with Gasteiger partial charge in [0.05, 0.1) is 3.57 Å². The number of ether oxygens (including phenoxy) is 1. The Morgan fingerprint density at radius 1 is 1.00 bits per heavy atom. The molecule has 0 saturated heterocycles. The van der Waals surface area contributed by atoms with Gasteiger partial charge in [-0.2, -0.15) is 8.42 Å². The fourth-order valence-corrected chi connectivity index (χ4v) is 4.06. The second kappa shape index (κ2) is 5.39. The molecule has 0 N–H and O–H groups in total. The minimum absolute atomic E-state index is 0.00185. The van der Waals surface area contributed by atoms with E-state index in [0.717, 1.165) is 3.57 Å². The molecule has 0 aliphatic carbocycles. The lowest BCUT2D eigenvalue weighted by Gasteiger charge is -2.18. The summed E-state index contributed by atoms with van der Waals surface area (Å²) in [7, 11) is -4.06. The summed E-state index contributed by atoms with van der Waals surface area (Å²) in [5.41, 5.74) is 0.0814. The molecule has 3 rings (SSSR count). The van der Waals surface area contributed by atoms with Crippen molar-refractivity contribution in [1.82, 2.24) is 0 Å².